The zero-order valence-electron chi connectivity index (χ0n) is 12.5. The van der Waals surface area contributed by atoms with Gasteiger partial charge in [0.2, 0.25) is 11.8 Å². The lowest BCUT2D eigenvalue weighted by molar-refractivity contribution is -0.140. The maximum absolute atomic E-state index is 12.1. The number of carbonyl (C=O) groups is 3. The lowest BCUT2D eigenvalue weighted by atomic mass is 10.2. The molecule has 122 valence electrons. The van der Waals surface area contributed by atoms with Gasteiger partial charge < -0.3 is 15.7 Å². The summed E-state index contributed by atoms with van der Waals surface area (Å²) < 4.78 is 24.1. The third kappa shape index (κ3) is 6.56. The van der Waals surface area contributed by atoms with Crippen molar-refractivity contribution in [3.8, 4) is 0 Å². The average Bonchev–Trinajstić information content (AvgIpc) is 2.35. The minimum Gasteiger partial charge on any atom is -0.480 e. The molecule has 9 heteroatoms. The molecule has 0 aliphatic heterocycles. The third-order valence-electron chi connectivity index (χ3n) is 2.98. The number of amides is 2. The number of rotatable bonds is 8. The first-order chi connectivity index (χ1) is 9.51. The van der Waals surface area contributed by atoms with Crippen LogP contribution in [0.25, 0.3) is 0 Å². The van der Waals surface area contributed by atoms with Gasteiger partial charge in [0.15, 0.2) is 9.84 Å². The highest BCUT2D eigenvalue weighted by molar-refractivity contribution is 7.92. The van der Waals surface area contributed by atoms with E-state index in [1.807, 2.05) is 12.2 Å². The molecule has 0 rings (SSSR count). The van der Waals surface area contributed by atoms with Crippen LogP contribution in [0.1, 0.15) is 34.1 Å². The molecule has 2 amide bonds. The molecule has 0 spiro atoms. The van der Waals surface area contributed by atoms with Crippen LogP contribution >= 0.6 is 0 Å². The molecule has 0 aromatic carbocycles. The zero-order chi connectivity index (χ0) is 16.8. The van der Waals surface area contributed by atoms with E-state index < -0.39 is 44.7 Å². The van der Waals surface area contributed by atoms with Crippen LogP contribution < -0.4 is 10.6 Å². The number of carboxylic acid groups (broad SMARTS) is 1. The maximum atomic E-state index is 12.1. The fraction of sp³-hybridized carbons (Fsp3) is 0.750. The zero-order valence-corrected chi connectivity index (χ0v) is 13.4. The highest BCUT2D eigenvalue weighted by atomic mass is 32.2. The van der Waals surface area contributed by atoms with Crippen molar-refractivity contribution < 1.29 is 27.9 Å². The van der Waals surface area contributed by atoms with Gasteiger partial charge >= 0.3 is 5.97 Å². The van der Waals surface area contributed by atoms with Crippen LogP contribution in [0, 0.1) is 0 Å². The Hall–Kier alpha value is -1.64. The molecular weight excluding hydrogens is 300 g/mol. The molecule has 0 heterocycles. The predicted octanol–water partition coefficient (Wildman–Crippen LogP) is -0.706. The van der Waals surface area contributed by atoms with Gasteiger partial charge in [0.05, 0.1) is 5.75 Å². The molecule has 0 aliphatic rings. The summed E-state index contributed by atoms with van der Waals surface area (Å²) in [5.41, 5.74) is 0. The quantitative estimate of drug-likeness (QED) is 0.541. The SMILES string of the molecule is CCC(C)NC(=O)C(C)S(=O)(=O)C[C@H](NC(C)=O)C(=O)O. The van der Waals surface area contributed by atoms with Crippen LogP contribution in [0.4, 0.5) is 0 Å². The number of nitrogens with one attached hydrogen (secondary N) is 2. The fourth-order valence-electron chi connectivity index (χ4n) is 1.42. The van der Waals surface area contributed by atoms with Crippen molar-refractivity contribution in [2.45, 2.75) is 51.4 Å². The average molecular weight is 322 g/mol. The lowest BCUT2D eigenvalue weighted by Crippen LogP contribution is -2.49. The summed E-state index contributed by atoms with van der Waals surface area (Å²) in [4.78, 5) is 33.6. The van der Waals surface area contributed by atoms with Crippen LogP contribution in [-0.2, 0) is 24.2 Å². The molecule has 0 aliphatic carbocycles. The summed E-state index contributed by atoms with van der Waals surface area (Å²) in [6.45, 7) is 5.84. The molecule has 3 N–H and O–H groups in total. The smallest absolute Gasteiger partial charge is 0.327 e. The molecule has 8 nitrogen and oxygen atoms in total. The summed E-state index contributed by atoms with van der Waals surface area (Å²) in [5.74, 6) is -3.65. The van der Waals surface area contributed by atoms with Crippen LogP contribution in [-0.4, -0.2) is 54.4 Å². The molecule has 3 atom stereocenters. The van der Waals surface area contributed by atoms with Crippen molar-refractivity contribution in [2.24, 2.45) is 0 Å². The van der Waals surface area contributed by atoms with Crippen molar-refractivity contribution in [3.63, 3.8) is 0 Å². The maximum Gasteiger partial charge on any atom is 0.327 e. The van der Waals surface area contributed by atoms with Gasteiger partial charge in [-0.25, -0.2) is 13.2 Å². The predicted molar refractivity (Wildman–Crippen MR) is 76.4 cm³/mol. The van der Waals surface area contributed by atoms with Gasteiger partial charge in [0.1, 0.15) is 11.3 Å². The Labute approximate surface area is 124 Å². The fourth-order valence-corrected chi connectivity index (χ4v) is 2.80. The van der Waals surface area contributed by atoms with Crippen molar-refractivity contribution in [3.05, 3.63) is 0 Å². The number of carbonyl (C=O) groups excluding carboxylic acids is 2. The highest BCUT2D eigenvalue weighted by Crippen LogP contribution is 2.06. The van der Waals surface area contributed by atoms with E-state index in [4.69, 9.17) is 5.11 Å². The minimum atomic E-state index is -4.01. The molecule has 0 aromatic heterocycles. The largest absolute Gasteiger partial charge is 0.480 e. The van der Waals surface area contributed by atoms with E-state index in [0.29, 0.717) is 6.42 Å². The van der Waals surface area contributed by atoms with E-state index in [1.54, 1.807) is 6.92 Å². The molecule has 21 heavy (non-hydrogen) atoms. The molecule has 2 unspecified atom stereocenters. The van der Waals surface area contributed by atoms with Crippen molar-refractivity contribution in [1.82, 2.24) is 10.6 Å². The molecule has 0 saturated carbocycles. The topological polar surface area (TPSA) is 130 Å². The van der Waals surface area contributed by atoms with E-state index in [1.165, 1.54) is 6.92 Å². The van der Waals surface area contributed by atoms with E-state index in [2.05, 4.69) is 5.32 Å². The van der Waals surface area contributed by atoms with Gasteiger partial charge in [-0.1, -0.05) is 6.92 Å². The second-order valence-electron chi connectivity index (χ2n) is 4.88. The van der Waals surface area contributed by atoms with Gasteiger partial charge in [-0.2, -0.15) is 0 Å². The van der Waals surface area contributed by atoms with E-state index in [0.717, 1.165) is 6.92 Å². The number of aliphatic carboxylic acids is 1. The number of sulfone groups is 1. The Kier molecular flexibility index (Phi) is 7.34. The standard InChI is InChI=1S/C12H22N2O6S/c1-5-7(2)13-11(16)8(3)21(19,20)6-10(12(17)18)14-9(4)15/h7-8,10H,5-6H2,1-4H3,(H,13,16)(H,14,15)(H,17,18)/t7?,8?,10-/m0/s1. The first-order valence-corrected chi connectivity index (χ1v) is 8.24. The monoisotopic (exact) mass is 322 g/mol. The number of hydrogen-bond acceptors (Lipinski definition) is 5. The van der Waals surface area contributed by atoms with Gasteiger partial charge in [-0.15, -0.1) is 0 Å². The Balaban J connectivity index is 4.97. The molecule has 0 saturated heterocycles. The Morgan fingerprint density at radius 3 is 2.05 bits per heavy atom. The van der Waals surface area contributed by atoms with Crippen LogP contribution in [0.3, 0.4) is 0 Å². The van der Waals surface area contributed by atoms with Gasteiger partial charge in [-0.05, 0) is 20.3 Å². The number of hydrogen-bond donors (Lipinski definition) is 3. The summed E-state index contributed by atoms with van der Waals surface area (Å²) in [6.07, 6.45) is 0.641. The van der Waals surface area contributed by atoms with Gasteiger partial charge in [0, 0.05) is 13.0 Å². The Bertz CT molecular complexity index is 502. The molecule has 0 aromatic rings. The van der Waals surface area contributed by atoms with Gasteiger partial charge in [0.25, 0.3) is 0 Å². The Morgan fingerprint density at radius 1 is 1.14 bits per heavy atom. The van der Waals surface area contributed by atoms with Crippen molar-refractivity contribution in [1.29, 1.82) is 0 Å². The number of carboxylic acids is 1. The first kappa shape index (κ1) is 19.4. The summed E-state index contributed by atoms with van der Waals surface area (Å²) >= 11 is 0. The molecule has 0 radical (unpaired) electrons. The second kappa shape index (κ2) is 7.96. The van der Waals surface area contributed by atoms with Crippen LogP contribution in [0.15, 0.2) is 0 Å². The van der Waals surface area contributed by atoms with E-state index in [9.17, 15) is 22.8 Å². The van der Waals surface area contributed by atoms with Crippen LogP contribution in [0.5, 0.6) is 0 Å². The molecule has 0 fully saturated rings. The van der Waals surface area contributed by atoms with Crippen molar-refractivity contribution >= 4 is 27.6 Å². The minimum absolute atomic E-state index is 0.180. The second-order valence-corrected chi connectivity index (χ2v) is 7.25. The molecule has 0 bridgehead atoms. The summed E-state index contributed by atoms with van der Waals surface area (Å²) in [7, 11) is -4.01. The summed E-state index contributed by atoms with van der Waals surface area (Å²) in [6, 6.07) is -1.76. The van der Waals surface area contributed by atoms with Gasteiger partial charge in [-0.3, -0.25) is 9.59 Å². The van der Waals surface area contributed by atoms with Crippen molar-refractivity contribution in [2.75, 3.05) is 5.75 Å². The first-order valence-electron chi connectivity index (χ1n) is 6.53. The lowest BCUT2D eigenvalue weighted by Gasteiger charge is -2.19. The highest BCUT2D eigenvalue weighted by Gasteiger charge is 2.34. The Morgan fingerprint density at radius 2 is 1.67 bits per heavy atom. The van der Waals surface area contributed by atoms with Crippen LogP contribution in [0.2, 0.25) is 0 Å². The third-order valence-corrected chi connectivity index (χ3v) is 5.07. The van der Waals surface area contributed by atoms with E-state index >= 15 is 0 Å². The van der Waals surface area contributed by atoms with E-state index in [-0.39, 0.29) is 6.04 Å². The molecular formula is C12H22N2O6S. The normalized spacial score (nSPS) is 15.6. The summed E-state index contributed by atoms with van der Waals surface area (Å²) in [5, 5.41) is 12.1.